The molecule has 1 rings (SSSR count). The van der Waals surface area contributed by atoms with Crippen molar-refractivity contribution in [1.29, 1.82) is 0 Å². The summed E-state index contributed by atoms with van der Waals surface area (Å²) in [5.41, 5.74) is 4.94. The number of hydrogen-bond acceptors (Lipinski definition) is 3. The molecule has 0 aromatic rings. The van der Waals surface area contributed by atoms with Gasteiger partial charge in [-0.3, -0.25) is 9.59 Å². The molecule has 18 heavy (non-hydrogen) atoms. The molecule has 0 aliphatic carbocycles. The Morgan fingerprint density at radius 3 is 2.61 bits per heavy atom. The first-order valence-corrected chi connectivity index (χ1v) is 5.66. The van der Waals surface area contributed by atoms with Crippen molar-refractivity contribution < 1.29 is 22.8 Å². The zero-order chi connectivity index (χ0) is 13.8. The molecule has 1 unspecified atom stereocenters. The molecular formula is C10H16F3N3O2. The summed E-state index contributed by atoms with van der Waals surface area (Å²) in [6.45, 7) is 1.11. The Kier molecular flexibility index (Phi) is 4.94. The molecule has 1 heterocycles. The van der Waals surface area contributed by atoms with Crippen LogP contribution in [0, 0.1) is 5.92 Å². The highest BCUT2D eigenvalue weighted by atomic mass is 19.4. The van der Waals surface area contributed by atoms with Crippen LogP contribution in [0.25, 0.3) is 0 Å². The van der Waals surface area contributed by atoms with Crippen molar-refractivity contribution in [3.8, 4) is 0 Å². The highest BCUT2D eigenvalue weighted by Gasteiger charge is 2.44. The number of hydrogen-bond donors (Lipinski definition) is 2. The van der Waals surface area contributed by atoms with Crippen LogP contribution in [0.3, 0.4) is 0 Å². The van der Waals surface area contributed by atoms with Gasteiger partial charge in [0.05, 0.1) is 0 Å². The SMILES string of the molecule is NC(=O)CCNCC1CCN(C(=O)C(F)(F)F)C1. The van der Waals surface area contributed by atoms with Crippen LogP contribution in [0.1, 0.15) is 12.8 Å². The number of nitrogens with two attached hydrogens (primary N) is 1. The third kappa shape index (κ3) is 4.52. The molecule has 1 aliphatic rings. The van der Waals surface area contributed by atoms with Gasteiger partial charge in [-0.25, -0.2) is 0 Å². The van der Waals surface area contributed by atoms with E-state index in [9.17, 15) is 22.8 Å². The number of amides is 2. The van der Waals surface area contributed by atoms with Gasteiger partial charge < -0.3 is 16.0 Å². The monoisotopic (exact) mass is 267 g/mol. The molecular weight excluding hydrogens is 251 g/mol. The lowest BCUT2D eigenvalue weighted by molar-refractivity contribution is -0.184. The maximum Gasteiger partial charge on any atom is 0.471 e. The Morgan fingerprint density at radius 1 is 1.39 bits per heavy atom. The predicted molar refractivity (Wildman–Crippen MR) is 57.4 cm³/mol. The zero-order valence-electron chi connectivity index (χ0n) is 9.79. The van der Waals surface area contributed by atoms with Gasteiger partial charge in [0, 0.05) is 26.1 Å². The van der Waals surface area contributed by atoms with Gasteiger partial charge in [-0.05, 0) is 18.9 Å². The fraction of sp³-hybridized carbons (Fsp3) is 0.800. The third-order valence-electron chi connectivity index (χ3n) is 2.80. The molecule has 1 atom stereocenters. The summed E-state index contributed by atoms with van der Waals surface area (Å²) >= 11 is 0. The topological polar surface area (TPSA) is 75.4 Å². The van der Waals surface area contributed by atoms with Crippen LogP contribution >= 0.6 is 0 Å². The van der Waals surface area contributed by atoms with Gasteiger partial charge in [0.25, 0.3) is 0 Å². The fourth-order valence-corrected chi connectivity index (χ4v) is 1.88. The van der Waals surface area contributed by atoms with E-state index in [4.69, 9.17) is 5.73 Å². The van der Waals surface area contributed by atoms with E-state index in [-0.39, 0.29) is 25.4 Å². The van der Waals surface area contributed by atoms with Crippen molar-refractivity contribution >= 4 is 11.8 Å². The minimum Gasteiger partial charge on any atom is -0.370 e. The van der Waals surface area contributed by atoms with Crippen molar-refractivity contribution in [2.24, 2.45) is 11.7 Å². The molecule has 3 N–H and O–H groups in total. The van der Waals surface area contributed by atoms with Gasteiger partial charge in [0.15, 0.2) is 0 Å². The van der Waals surface area contributed by atoms with Crippen molar-refractivity contribution in [1.82, 2.24) is 10.2 Å². The Labute approximate surface area is 102 Å². The minimum absolute atomic E-state index is 0.0100. The number of carbonyl (C=O) groups is 2. The van der Waals surface area contributed by atoms with E-state index in [1.54, 1.807) is 0 Å². The number of primary amides is 1. The van der Waals surface area contributed by atoms with Crippen molar-refractivity contribution in [3.05, 3.63) is 0 Å². The smallest absolute Gasteiger partial charge is 0.370 e. The number of rotatable bonds is 5. The minimum atomic E-state index is -4.80. The molecule has 5 nitrogen and oxygen atoms in total. The molecule has 8 heteroatoms. The van der Waals surface area contributed by atoms with Crippen LogP contribution in [0.2, 0.25) is 0 Å². The zero-order valence-corrected chi connectivity index (χ0v) is 9.79. The number of halogens is 3. The predicted octanol–water partition coefficient (Wildman–Crippen LogP) is -0.138. The van der Waals surface area contributed by atoms with E-state index in [1.807, 2.05) is 0 Å². The van der Waals surface area contributed by atoms with Gasteiger partial charge >= 0.3 is 12.1 Å². The van der Waals surface area contributed by atoms with E-state index >= 15 is 0 Å². The third-order valence-corrected chi connectivity index (χ3v) is 2.80. The van der Waals surface area contributed by atoms with Crippen molar-refractivity contribution in [2.45, 2.75) is 19.0 Å². The van der Waals surface area contributed by atoms with Crippen molar-refractivity contribution in [3.63, 3.8) is 0 Å². The number of nitrogens with zero attached hydrogens (tertiary/aromatic N) is 1. The van der Waals surface area contributed by atoms with Gasteiger partial charge in [0.1, 0.15) is 0 Å². The molecule has 104 valence electrons. The first-order chi connectivity index (χ1) is 8.30. The van der Waals surface area contributed by atoms with Gasteiger partial charge in [-0.1, -0.05) is 0 Å². The largest absolute Gasteiger partial charge is 0.471 e. The summed E-state index contributed by atoms with van der Waals surface area (Å²) in [6, 6.07) is 0. The van der Waals surface area contributed by atoms with E-state index < -0.39 is 18.0 Å². The summed E-state index contributed by atoms with van der Waals surface area (Å²) in [6.07, 6.45) is -4.07. The quantitative estimate of drug-likeness (QED) is 0.681. The summed E-state index contributed by atoms with van der Waals surface area (Å²) in [5, 5.41) is 2.94. The average Bonchev–Trinajstić information content (AvgIpc) is 2.70. The van der Waals surface area contributed by atoms with E-state index in [1.165, 1.54) is 0 Å². The summed E-state index contributed by atoms with van der Waals surface area (Å²) < 4.78 is 36.5. The Balaban J connectivity index is 2.25. The molecule has 1 saturated heterocycles. The highest BCUT2D eigenvalue weighted by Crippen LogP contribution is 2.23. The van der Waals surface area contributed by atoms with Crippen molar-refractivity contribution in [2.75, 3.05) is 26.2 Å². The van der Waals surface area contributed by atoms with Crippen LogP contribution in [0.4, 0.5) is 13.2 Å². The molecule has 2 amide bonds. The second kappa shape index (κ2) is 6.03. The van der Waals surface area contributed by atoms with E-state index in [0.29, 0.717) is 19.5 Å². The summed E-state index contributed by atoms with van der Waals surface area (Å²) in [5.74, 6) is -2.21. The molecule has 0 spiro atoms. The lowest BCUT2D eigenvalue weighted by Gasteiger charge is -2.18. The number of alkyl halides is 3. The fourth-order valence-electron chi connectivity index (χ4n) is 1.88. The summed E-state index contributed by atoms with van der Waals surface area (Å²) in [4.78, 5) is 22.2. The Hall–Kier alpha value is -1.31. The molecule has 0 radical (unpaired) electrons. The van der Waals surface area contributed by atoms with Gasteiger partial charge in [-0.2, -0.15) is 13.2 Å². The van der Waals surface area contributed by atoms with Crippen LogP contribution < -0.4 is 11.1 Å². The Morgan fingerprint density at radius 2 is 2.06 bits per heavy atom. The molecule has 0 saturated carbocycles. The molecule has 1 fully saturated rings. The number of nitrogens with one attached hydrogen (secondary N) is 1. The van der Waals surface area contributed by atoms with Crippen LogP contribution in [-0.4, -0.2) is 49.1 Å². The van der Waals surface area contributed by atoms with Crippen LogP contribution in [-0.2, 0) is 9.59 Å². The lowest BCUT2D eigenvalue weighted by atomic mass is 10.1. The average molecular weight is 267 g/mol. The number of likely N-dealkylation sites (tertiary alicyclic amines) is 1. The normalized spacial score (nSPS) is 20.2. The molecule has 0 aromatic heterocycles. The molecule has 0 aromatic carbocycles. The second-order valence-electron chi connectivity index (χ2n) is 4.32. The standard InChI is InChI=1S/C10H16F3N3O2/c11-10(12,13)9(18)16-4-2-7(6-16)5-15-3-1-8(14)17/h7,15H,1-6H2,(H2,14,17). The Bertz CT molecular complexity index is 320. The maximum atomic E-state index is 12.2. The number of carbonyl (C=O) groups excluding carboxylic acids is 2. The summed E-state index contributed by atoms with van der Waals surface area (Å²) in [7, 11) is 0. The van der Waals surface area contributed by atoms with Crippen LogP contribution in [0.5, 0.6) is 0 Å². The first kappa shape index (κ1) is 14.7. The highest BCUT2D eigenvalue weighted by molar-refractivity contribution is 5.82. The molecule has 1 aliphatic heterocycles. The second-order valence-corrected chi connectivity index (χ2v) is 4.32. The molecule has 0 bridgehead atoms. The lowest BCUT2D eigenvalue weighted by Crippen LogP contribution is -2.40. The maximum absolute atomic E-state index is 12.2. The van der Waals surface area contributed by atoms with Crippen LogP contribution in [0.15, 0.2) is 0 Å². The van der Waals surface area contributed by atoms with E-state index in [2.05, 4.69) is 5.32 Å². The van der Waals surface area contributed by atoms with Gasteiger partial charge in [-0.15, -0.1) is 0 Å². The van der Waals surface area contributed by atoms with Gasteiger partial charge in [0.2, 0.25) is 5.91 Å². The first-order valence-electron chi connectivity index (χ1n) is 5.66. The van der Waals surface area contributed by atoms with E-state index in [0.717, 1.165) is 4.90 Å².